The van der Waals surface area contributed by atoms with E-state index >= 15 is 0 Å². The summed E-state index contributed by atoms with van der Waals surface area (Å²) in [5.74, 6) is -1.94. The first-order valence-electron chi connectivity index (χ1n) is 6.60. The second kappa shape index (κ2) is 5.80. The SMILES string of the molecule is O=C1Nc2ccc(F)cc2/C1=N/N=C/c1ccc(C(=O)O)cc1. The number of carboxylic acids is 1. The number of carboxylic acid groups (broad SMARTS) is 1. The molecule has 0 radical (unpaired) electrons. The summed E-state index contributed by atoms with van der Waals surface area (Å²) >= 11 is 0. The number of halogens is 1. The van der Waals surface area contributed by atoms with Crippen LogP contribution in [0.5, 0.6) is 0 Å². The van der Waals surface area contributed by atoms with E-state index in [2.05, 4.69) is 15.5 Å². The molecule has 0 unspecified atom stereocenters. The Hall–Kier alpha value is -3.35. The minimum absolute atomic E-state index is 0.0258. The molecule has 0 atom stereocenters. The molecule has 0 saturated carbocycles. The van der Waals surface area contributed by atoms with Crippen molar-refractivity contribution in [2.75, 3.05) is 5.32 Å². The standard InChI is InChI=1S/C16H10FN3O3/c17-11-5-6-13-12(7-11)14(15(21)19-13)20-18-8-9-1-3-10(4-2-9)16(22)23/h1-8H,(H,22,23)(H,19,20,21)/b18-8+. The van der Waals surface area contributed by atoms with E-state index < -0.39 is 17.7 Å². The lowest BCUT2D eigenvalue weighted by Gasteiger charge is -1.96. The zero-order valence-corrected chi connectivity index (χ0v) is 11.7. The minimum Gasteiger partial charge on any atom is -0.478 e. The van der Waals surface area contributed by atoms with Gasteiger partial charge in [-0.2, -0.15) is 5.10 Å². The number of carbonyl (C=O) groups excluding carboxylic acids is 1. The number of aromatic carboxylic acids is 1. The van der Waals surface area contributed by atoms with Crippen molar-refractivity contribution in [1.29, 1.82) is 0 Å². The molecule has 0 saturated heterocycles. The Morgan fingerprint density at radius 1 is 1.17 bits per heavy atom. The number of carbonyl (C=O) groups is 2. The maximum absolute atomic E-state index is 13.3. The van der Waals surface area contributed by atoms with E-state index in [1.54, 1.807) is 12.1 Å². The number of fused-ring (bicyclic) bond motifs is 1. The Bertz CT molecular complexity index is 857. The van der Waals surface area contributed by atoms with Crippen LogP contribution in [0.2, 0.25) is 0 Å². The van der Waals surface area contributed by atoms with Gasteiger partial charge in [0.2, 0.25) is 0 Å². The largest absolute Gasteiger partial charge is 0.478 e. The first kappa shape index (κ1) is 14.6. The first-order valence-corrected chi connectivity index (χ1v) is 6.60. The highest BCUT2D eigenvalue weighted by molar-refractivity contribution is 6.53. The number of nitrogens with zero attached hydrogens (tertiary/aromatic N) is 2. The van der Waals surface area contributed by atoms with Crippen LogP contribution in [0.4, 0.5) is 10.1 Å². The van der Waals surface area contributed by atoms with Crippen molar-refractivity contribution >= 4 is 29.5 Å². The molecular formula is C16H10FN3O3. The summed E-state index contributed by atoms with van der Waals surface area (Å²) in [7, 11) is 0. The topological polar surface area (TPSA) is 91.1 Å². The molecule has 23 heavy (non-hydrogen) atoms. The molecule has 1 heterocycles. The number of amides is 1. The summed E-state index contributed by atoms with van der Waals surface area (Å²) in [5, 5.41) is 19.0. The van der Waals surface area contributed by atoms with E-state index in [-0.39, 0.29) is 11.3 Å². The van der Waals surface area contributed by atoms with Gasteiger partial charge in [0.25, 0.3) is 5.91 Å². The monoisotopic (exact) mass is 311 g/mol. The van der Waals surface area contributed by atoms with Crippen LogP contribution in [0, 0.1) is 5.82 Å². The molecule has 0 aliphatic carbocycles. The second-order valence-electron chi connectivity index (χ2n) is 4.76. The smallest absolute Gasteiger partial charge is 0.335 e. The van der Waals surface area contributed by atoms with Crippen molar-refractivity contribution in [2.45, 2.75) is 0 Å². The summed E-state index contributed by atoms with van der Waals surface area (Å²) in [4.78, 5) is 22.6. The van der Waals surface area contributed by atoms with Crippen molar-refractivity contribution in [3.63, 3.8) is 0 Å². The molecule has 0 bridgehead atoms. The third-order valence-corrected chi connectivity index (χ3v) is 3.22. The maximum atomic E-state index is 13.3. The molecule has 2 aromatic rings. The van der Waals surface area contributed by atoms with E-state index in [1.165, 1.54) is 36.5 Å². The number of benzene rings is 2. The Kier molecular flexibility index (Phi) is 3.68. The van der Waals surface area contributed by atoms with Crippen LogP contribution in [-0.4, -0.2) is 28.9 Å². The first-order chi connectivity index (χ1) is 11.0. The van der Waals surface area contributed by atoms with Gasteiger partial charge >= 0.3 is 5.97 Å². The molecule has 1 amide bonds. The van der Waals surface area contributed by atoms with Gasteiger partial charge in [-0.15, -0.1) is 5.10 Å². The minimum atomic E-state index is -1.02. The van der Waals surface area contributed by atoms with Crippen molar-refractivity contribution in [3.05, 3.63) is 65.0 Å². The van der Waals surface area contributed by atoms with Gasteiger partial charge in [0.15, 0.2) is 5.71 Å². The van der Waals surface area contributed by atoms with Crippen molar-refractivity contribution in [1.82, 2.24) is 0 Å². The normalized spacial score (nSPS) is 15.0. The van der Waals surface area contributed by atoms with E-state index in [4.69, 9.17) is 5.11 Å². The lowest BCUT2D eigenvalue weighted by Crippen LogP contribution is -2.13. The van der Waals surface area contributed by atoms with Gasteiger partial charge in [-0.25, -0.2) is 9.18 Å². The number of hydrogen-bond donors (Lipinski definition) is 2. The van der Waals surface area contributed by atoms with Crippen LogP contribution in [0.1, 0.15) is 21.5 Å². The average Bonchev–Trinajstić information content (AvgIpc) is 2.83. The van der Waals surface area contributed by atoms with Crippen LogP contribution >= 0.6 is 0 Å². The number of rotatable bonds is 3. The fourth-order valence-electron chi connectivity index (χ4n) is 2.09. The quantitative estimate of drug-likeness (QED) is 0.673. The Balaban J connectivity index is 1.84. The van der Waals surface area contributed by atoms with Gasteiger partial charge in [-0.05, 0) is 35.9 Å². The van der Waals surface area contributed by atoms with Gasteiger partial charge in [-0.1, -0.05) is 12.1 Å². The zero-order chi connectivity index (χ0) is 16.4. The highest BCUT2D eigenvalue weighted by Gasteiger charge is 2.26. The maximum Gasteiger partial charge on any atom is 0.335 e. The third kappa shape index (κ3) is 2.98. The molecule has 6 nitrogen and oxygen atoms in total. The van der Waals surface area contributed by atoms with E-state index in [0.29, 0.717) is 16.8 Å². The Labute approximate surface area is 130 Å². The summed E-state index contributed by atoms with van der Waals surface area (Å²) in [6, 6.07) is 9.91. The Morgan fingerprint density at radius 2 is 1.91 bits per heavy atom. The van der Waals surface area contributed by atoms with Crippen LogP contribution in [0.15, 0.2) is 52.7 Å². The van der Waals surface area contributed by atoms with Crippen LogP contribution in [0.25, 0.3) is 0 Å². The zero-order valence-electron chi connectivity index (χ0n) is 11.7. The van der Waals surface area contributed by atoms with E-state index in [1.807, 2.05) is 0 Å². The molecule has 1 aliphatic rings. The molecule has 2 N–H and O–H groups in total. The van der Waals surface area contributed by atoms with Crippen LogP contribution < -0.4 is 5.32 Å². The summed E-state index contributed by atoms with van der Waals surface area (Å²) in [6.45, 7) is 0. The molecule has 0 spiro atoms. The number of hydrogen-bond acceptors (Lipinski definition) is 4. The lowest BCUT2D eigenvalue weighted by atomic mass is 10.1. The molecule has 114 valence electrons. The highest BCUT2D eigenvalue weighted by Crippen LogP contribution is 2.24. The van der Waals surface area contributed by atoms with Crippen molar-refractivity contribution in [3.8, 4) is 0 Å². The highest BCUT2D eigenvalue weighted by atomic mass is 19.1. The predicted molar refractivity (Wildman–Crippen MR) is 82.6 cm³/mol. The van der Waals surface area contributed by atoms with Crippen LogP contribution in [-0.2, 0) is 4.79 Å². The van der Waals surface area contributed by atoms with E-state index in [9.17, 15) is 14.0 Å². The van der Waals surface area contributed by atoms with Gasteiger partial charge in [0, 0.05) is 5.56 Å². The summed E-state index contributed by atoms with van der Waals surface area (Å²) < 4.78 is 13.3. The van der Waals surface area contributed by atoms with Gasteiger partial charge in [0.05, 0.1) is 17.5 Å². The molecule has 0 fully saturated rings. The fraction of sp³-hybridized carbons (Fsp3) is 0. The fourth-order valence-corrected chi connectivity index (χ4v) is 2.09. The molecule has 2 aromatic carbocycles. The molecule has 7 heteroatoms. The second-order valence-corrected chi connectivity index (χ2v) is 4.76. The molecular weight excluding hydrogens is 301 g/mol. The van der Waals surface area contributed by atoms with Crippen molar-refractivity contribution in [2.24, 2.45) is 10.2 Å². The molecule has 3 rings (SSSR count). The summed E-state index contributed by atoms with van der Waals surface area (Å²) in [6.07, 6.45) is 1.38. The Morgan fingerprint density at radius 3 is 2.61 bits per heavy atom. The average molecular weight is 311 g/mol. The van der Waals surface area contributed by atoms with Crippen molar-refractivity contribution < 1.29 is 19.1 Å². The van der Waals surface area contributed by atoms with Gasteiger partial charge in [-0.3, -0.25) is 4.79 Å². The lowest BCUT2D eigenvalue weighted by molar-refractivity contribution is -0.110. The van der Waals surface area contributed by atoms with Gasteiger partial charge < -0.3 is 10.4 Å². The van der Waals surface area contributed by atoms with Crippen LogP contribution in [0.3, 0.4) is 0 Å². The van der Waals surface area contributed by atoms with Gasteiger partial charge in [0.1, 0.15) is 5.82 Å². The third-order valence-electron chi connectivity index (χ3n) is 3.22. The predicted octanol–water partition coefficient (Wildman–Crippen LogP) is 2.30. The molecule has 0 aromatic heterocycles. The summed E-state index contributed by atoms with van der Waals surface area (Å²) in [5.41, 5.74) is 1.65. The number of anilines is 1. The van der Waals surface area contributed by atoms with E-state index in [0.717, 1.165) is 0 Å². The molecule has 1 aliphatic heterocycles. The number of nitrogens with one attached hydrogen (secondary N) is 1.